The second kappa shape index (κ2) is 8.00. The Morgan fingerprint density at radius 2 is 1.44 bits per heavy atom. The molecule has 1 heterocycles. The highest BCUT2D eigenvalue weighted by atomic mass is 16.5. The lowest BCUT2D eigenvalue weighted by Gasteiger charge is -2.09. The van der Waals surface area contributed by atoms with Crippen LogP contribution >= 0.6 is 0 Å². The van der Waals surface area contributed by atoms with Crippen molar-refractivity contribution in [2.45, 2.75) is 0 Å². The highest BCUT2D eigenvalue weighted by Crippen LogP contribution is 2.28. The minimum Gasteiger partial charge on any atom is -0.492 e. The molecule has 0 atom stereocenters. The highest BCUT2D eigenvalue weighted by molar-refractivity contribution is 6.04. The molecule has 0 fully saturated rings. The molecule has 25 heavy (non-hydrogen) atoms. The van der Waals surface area contributed by atoms with Crippen molar-refractivity contribution in [2.75, 3.05) is 40.4 Å². The van der Waals surface area contributed by atoms with Gasteiger partial charge in [-0.3, -0.25) is 0 Å². The van der Waals surface area contributed by atoms with Crippen LogP contribution < -0.4 is 25.7 Å². The smallest absolute Gasteiger partial charge is 0.344 e. The van der Waals surface area contributed by atoms with Crippen LogP contribution in [0.2, 0.25) is 0 Å². The van der Waals surface area contributed by atoms with Crippen molar-refractivity contribution in [3.63, 3.8) is 0 Å². The first-order valence-corrected chi connectivity index (χ1v) is 8.28. The highest BCUT2D eigenvalue weighted by Gasteiger charge is 2.10. The molecule has 3 aromatic rings. The van der Waals surface area contributed by atoms with Crippen LogP contribution in [-0.2, 0) is 0 Å². The van der Waals surface area contributed by atoms with E-state index in [0.29, 0.717) is 35.7 Å². The van der Waals surface area contributed by atoms with Gasteiger partial charge in [-0.2, -0.15) is 0 Å². The maximum Gasteiger partial charge on any atom is 0.344 e. The average Bonchev–Trinajstić information content (AvgIpc) is 2.62. The minimum absolute atomic E-state index is 0.381. The van der Waals surface area contributed by atoms with Crippen molar-refractivity contribution in [2.24, 2.45) is 0 Å². The minimum atomic E-state index is -0.381. The Balaban J connectivity index is 1.96. The lowest BCUT2D eigenvalue weighted by atomic mass is 10.1. The third-order valence-electron chi connectivity index (χ3n) is 3.90. The SMILES string of the molecule is CNCCOc1ccc2c(c1)oc(=O)c1cc(OCCNC)ccc12. The van der Waals surface area contributed by atoms with Crippen LogP contribution in [-0.4, -0.2) is 40.4 Å². The normalized spacial score (nSPS) is 11.1. The summed E-state index contributed by atoms with van der Waals surface area (Å²) in [7, 11) is 3.73. The molecule has 0 radical (unpaired) electrons. The first-order valence-electron chi connectivity index (χ1n) is 8.28. The monoisotopic (exact) mass is 342 g/mol. The zero-order valence-electron chi connectivity index (χ0n) is 14.4. The zero-order valence-corrected chi connectivity index (χ0v) is 14.4. The van der Waals surface area contributed by atoms with Crippen LogP contribution in [0.4, 0.5) is 0 Å². The Morgan fingerprint density at radius 3 is 2.08 bits per heavy atom. The fraction of sp³-hybridized carbons (Fsp3) is 0.316. The number of hydrogen-bond donors (Lipinski definition) is 2. The number of benzene rings is 2. The molecule has 0 spiro atoms. The predicted molar refractivity (Wildman–Crippen MR) is 98.8 cm³/mol. The third kappa shape index (κ3) is 3.92. The van der Waals surface area contributed by atoms with E-state index < -0.39 is 0 Å². The summed E-state index contributed by atoms with van der Waals surface area (Å²) >= 11 is 0. The lowest BCUT2D eigenvalue weighted by Crippen LogP contribution is -2.16. The first-order chi connectivity index (χ1) is 12.2. The third-order valence-corrected chi connectivity index (χ3v) is 3.90. The lowest BCUT2D eigenvalue weighted by molar-refractivity contribution is 0.318. The number of rotatable bonds is 8. The summed E-state index contributed by atoms with van der Waals surface area (Å²) in [5.74, 6) is 1.33. The Kier molecular flexibility index (Phi) is 5.53. The largest absolute Gasteiger partial charge is 0.492 e. The van der Waals surface area contributed by atoms with Gasteiger partial charge in [-0.05, 0) is 44.4 Å². The van der Waals surface area contributed by atoms with Crippen molar-refractivity contribution >= 4 is 21.7 Å². The Morgan fingerprint density at radius 1 is 0.840 bits per heavy atom. The van der Waals surface area contributed by atoms with Crippen molar-refractivity contribution in [1.29, 1.82) is 0 Å². The summed E-state index contributed by atoms with van der Waals surface area (Å²) in [5, 5.41) is 8.26. The van der Waals surface area contributed by atoms with Gasteiger partial charge < -0.3 is 24.5 Å². The number of nitrogens with one attached hydrogen (secondary N) is 2. The van der Waals surface area contributed by atoms with Crippen LogP contribution in [0, 0.1) is 0 Å². The molecule has 0 bridgehead atoms. The van der Waals surface area contributed by atoms with Crippen molar-refractivity contribution in [3.05, 3.63) is 46.8 Å². The van der Waals surface area contributed by atoms with Gasteiger partial charge in [0.25, 0.3) is 0 Å². The van der Waals surface area contributed by atoms with E-state index in [2.05, 4.69) is 10.6 Å². The van der Waals surface area contributed by atoms with Crippen molar-refractivity contribution in [1.82, 2.24) is 10.6 Å². The Bertz CT molecular complexity index is 920. The second-order valence-corrected chi connectivity index (χ2v) is 5.66. The van der Waals surface area contributed by atoms with Crippen LogP contribution in [0.25, 0.3) is 21.7 Å². The molecule has 132 valence electrons. The Labute approximate surface area is 145 Å². The number of ether oxygens (including phenoxy) is 2. The van der Waals surface area contributed by atoms with Crippen LogP contribution in [0.1, 0.15) is 0 Å². The molecule has 6 nitrogen and oxygen atoms in total. The molecule has 6 heteroatoms. The summed E-state index contributed by atoms with van der Waals surface area (Å²) in [5.41, 5.74) is 0.136. The summed E-state index contributed by atoms with van der Waals surface area (Å²) in [6.07, 6.45) is 0. The van der Waals surface area contributed by atoms with Crippen molar-refractivity contribution in [3.8, 4) is 11.5 Å². The van der Waals surface area contributed by atoms with Gasteiger partial charge in [0.15, 0.2) is 0 Å². The summed E-state index contributed by atoms with van der Waals surface area (Å²) in [4.78, 5) is 12.4. The maximum absolute atomic E-state index is 12.4. The molecule has 0 aliphatic rings. The first kappa shape index (κ1) is 17.3. The number of likely N-dealkylation sites (N-methyl/N-ethyl adjacent to an activating group) is 2. The fourth-order valence-electron chi connectivity index (χ4n) is 2.61. The van der Waals surface area contributed by atoms with Crippen molar-refractivity contribution < 1.29 is 13.9 Å². The van der Waals surface area contributed by atoms with Gasteiger partial charge in [-0.15, -0.1) is 0 Å². The molecule has 0 aliphatic heterocycles. The van der Waals surface area contributed by atoms with E-state index in [1.54, 1.807) is 12.1 Å². The van der Waals surface area contributed by atoms with Crippen LogP contribution in [0.3, 0.4) is 0 Å². The average molecular weight is 342 g/mol. The number of fused-ring (bicyclic) bond motifs is 3. The molecule has 0 saturated carbocycles. The second-order valence-electron chi connectivity index (χ2n) is 5.66. The molecule has 0 aliphatic carbocycles. The van der Waals surface area contributed by atoms with E-state index in [1.165, 1.54) is 0 Å². The molecular formula is C19H22N2O4. The summed E-state index contributed by atoms with van der Waals surface area (Å²) < 4.78 is 16.7. The molecule has 3 rings (SSSR count). The van der Waals surface area contributed by atoms with Gasteiger partial charge in [0.2, 0.25) is 0 Å². The molecule has 2 N–H and O–H groups in total. The molecule has 0 saturated heterocycles. The van der Waals surface area contributed by atoms with E-state index in [1.807, 2.05) is 38.4 Å². The summed E-state index contributed by atoms with van der Waals surface area (Å²) in [6.45, 7) is 2.57. The fourth-order valence-corrected chi connectivity index (χ4v) is 2.61. The van der Waals surface area contributed by atoms with Gasteiger partial charge in [-0.25, -0.2) is 4.79 Å². The van der Waals surface area contributed by atoms with Gasteiger partial charge >= 0.3 is 5.63 Å². The zero-order chi connectivity index (χ0) is 17.6. The number of hydrogen-bond acceptors (Lipinski definition) is 6. The van der Waals surface area contributed by atoms with E-state index in [4.69, 9.17) is 13.9 Å². The van der Waals surface area contributed by atoms with Gasteiger partial charge in [0.05, 0.1) is 5.39 Å². The van der Waals surface area contributed by atoms with E-state index in [-0.39, 0.29) is 5.63 Å². The molecule has 2 aromatic carbocycles. The Hall–Kier alpha value is -2.57. The quantitative estimate of drug-likeness (QED) is 0.371. The van der Waals surface area contributed by atoms with Crippen LogP contribution in [0.15, 0.2) is 45.6 Å². The molecule has 0 amide bonds. The predicted octanol–water partition coefficient (Wildman–Crippen LogP) is 2.14. The van der Waals surface area contributed by atoms with Gasteiger partial charge in [0.1, 0.15) is 30.3 Å². The van der Waals surface area contributed by atoms with Gasteiger partial charge in [0, 0.05) is 29.9 Å². The maximum atomic E-state index is 12.4. The summed E-state index contributed by atoms with van der Waals surface area (Å²) in [6, 6.07) is 11.0. The van der Waals surface area contributed by atoms with E-state index >= 15 is 0 Å². The standard InChI is InChI=1S/C19H22N2O4/c1-20-7-9-23-13-3-5-15-16-6-4-14(24-10-8-21-2)12-18(16)25-19(22)17(15)11-13/h3-6,11-12,20-21H,7-10H2,1-2H3. The van der Waals surface area contributed by atoms with Crippen LogP contribution in [0.5, 0.6) is 11.5 Å². The molecule has 1 aromatic heterocycles. The molecule has 0 unspecified atom stereocenters. The van der Waals surface area contributed by atoms with E-state index in [9.17, 15) is 4.79 Å². The van der Waals surface area contributed by atoms with E-state index in [0.717, 1.165) is 23.9 Å². The topological polar surface area (TPSA) is 72.7 Å². The van der Waals surface area contributed by atoms with Gasteiger partial charge in [-0.1, -0.05) is 0 Å². The molecular weight excluding hydrogens is 320 g/mol.